The van der Waals surface area contributed by atoms with Gasteiger partial charge in [0.15, 0.2) is 0 Å². The molecule has 1 heterocycles. The molecule has 1 aromatic rings. The van der Waals surface area contributed by atoms with E-state index in [1.807, 2.05) is 0 Å². The van der Waals surface area contributed by atoms with E-state index in [-0.39, 0.29) is 12.0 Å². The number of aliphatic hydroxyl groups is 1. The Morgan fingerprint density at radius 1 is 1.79 bits per heavy atom. The third-order valence-corrected chi connectivity index (χ3v) is 1.73. The van der Waals surface area contributed by atoms with Crippen LogP contribution in [0, 0.1) is 5.95 Å². The van der Waals surface area contributed by atoms with Gasteiger partial charge in [-0.15, -0.1) is 0 Å². The normalized spacial score (nSPS) is 12.2. The maximum Gasteiger partial charge on any atom is 0.308 e. The van der Waals surface area contributed by atoms with E-state index in [0.717, 1.165) is 0 Å². The first kappa shape index (κ1) is 10.6. The lowest BCUT2D eigenvalue weighted by Gasteiger charge is -2.09. The Bertz CT molecular complexity index is 330. The van der Waals surface area contributed by atoms with Gasteiger partial charge in [-0.1, -0.05) is 6.07 Å². The fourth-order valence-corrected chi connectivity index (χ4v) is 0.998. The van der Waals surface area contributed by atoms with Crippen LogP contribution in [-0.2, 0) is 9.53 Å². The molecule has 0 aliphatic heterocycles. The zero-order valence-corrected chi connectivity index (χ0v) is 7.61. The Morgan fingerprint density at radius 3 is 3.07 bits per heavy atom. The number of aromatic nitrogens is 1. The van der Waals surface area contributed by atoms with E-state index in [0.29, 0.717) is 0 Å². The molecule has 0 saturated carbocycles. The van der Waals surface area contributed by atoms with Crippen LogP contribution in [0.1, 0.15) is 18.1 Å². The average Bonchev–Trinajstić information content (AvgIpc) is 2.18. The first-order valence-electron chi connectivity index (χ1n) is 4.00. The SMILES string of the molecule is COC(=O)C[C@@H](O)c1cccnc1F. The smallest absolute Gasteiger partial charge is 0.308 e. The molecule has 14 heavy (non-hydrogen) atoms. The number of ether oxygens (including phenoxy) is 1. The Labute approximate surface area is 80.3 Å². The first-order valence-corrected chi connectivity index (χ1v) is 4.00. The van der Waals surface area contributed by atoms with Crippen LogP contribution < -0.4 is 0 Å². The molecular formula is C9H10FNO3. The third kappa shape index (κ3) is 2.50. The highest BCUT2D eigenvalue weighted by atomic mass is 19.1. The van der Waals surface area contributed by atoms with E-state index in [9.17, 15) is 14.3 Å². The highest BCUT2D eigenvalue weighted by molar-refractivity contribution is 5.70. The summed E-state index contributed by atoms with van der Waals surface area (Å²) in [4.78, 5) is 14.1. The van der Waals surface area contributed by atoms with Gasteiger partial charge >= 0.3 is 5.97 Å². The molecule has 4 nitrogen and oxygen atoms in total. The predicted octanol–water partition coefficient (Wildman–Crippen LogP) is 0.817. The van der Waals surface area contributed by atoms with Crippen molar-refractivity contribution >= 4 is 5.97 Å². The van der Waals surface area contributed by atoms with E-state index >= 15 is 0 Å². The first-order chi connectivity index (χ1) is 6.65. The summed E-state index contributed by atoms with van der Waals surface area (Å²) in [5, 5.41) is 9.42. The minimum Gasteiger partial charge on any atom is -0.469 e. The number of carbonyl (C=O) groups is 1. The molecule has 0 bridgehead atoms. The molecule has 0 saturated heterocycles. The van der Waals surface area contributed by atoms with Gasteiger partial charge in [-0.2, -0.15) is 4.39 Å². The van der Waals surface area contributed by atoms with Gasteiger partial charge < -0.3 is 9.84 Å². The number of hydrogen-bond acceptors (Lipinski definition) is 4. The molecule has 1 aromatic heterocycles. The van der Waals surface area contributed by atoms with Gasteiger partial charge in [0, 0.05) is 11.8 Å². The van der Waals surface area contributed by atoms with Crippen molar-refractivity contribution in [3.63, 3.8) is 0 Å². The summed E-state index contributed by atoms with van der Waals surface area (Å²) in [5.41, 5.74) is -0.00194. The molecule has 0 aromatic carbocycles. The van der Waals surface area contributed by atoms with Gasteiger partial charge in [0.2, 0.25) is 5.95 Å². The van der Waals surface area contributed by atoms with Crippen molar-refractivity contribution < 1.29 is 19.0 Å². The van der Waals surface area contributed by atoms with Crippen molar-refractivity contribution in [1.82, 2.24) is 4.98 Å². The minimum absolute atomic E-state index is 0.00194. The Kier molecular flexibility index (Phi) is 3.53. The third-order valence-electron chi connectivity index (χ3n) is 1.73. The number of pyridine rings is 1. The van der Waals surface area contributed by atoms with Crippen molar-refractivity contribution in [2.45, 2.75) is 12.5 Å². The second-order valence-corrected chi connectivity index (χ2v) is 2.68. The number of esters is 1. The number of methoxy groups -OCH3 is 1. The molecule has 5 heteroatoms. The maximum absolute atomic E-state index is 13.0. The van der Waals surface area contributed by atoms with Gasteiger partial charge in [0.25, 0.3) is 0 Å². The summed E-state index contributed by atoms with van der Waals surface area (Å²) in [6.07, 6.45) is -0.223. The second-order valence-electron chi connectivity index (χ2n) is 2.68. The monoisotopic (exact) mass is 199 g/mol. The largest absolute Gasteiger partial charge is 0.469 e. The van der Waals surface area contributed by atoms with Gasteiger partial charge in [0.1, 0.15) is 0 Å². The lowest BCUT2D eigenvalue weighted by molar-refractivity contribution is -0.142. The van der Waals surface area contributed by atoms with Gasteiger partial charge in [-0.05, 0) is 6.07 Å². The highest BCUT2D eigenvalue weighted by Crippen LogP contribution is 2.18. The van der Waals surface area contributed by atoms with Crippen molar-refractivity contribution in [3.8, 4) is 0 Å². The number of halogens is 1. The molecule has 76 valence electrons. The van der Waals surface area contributed by atoms with Crippen LogP contribution in [0.5, 0.6) is 0 Å². The van der Waals surface area contributed by atoms with Crippen LogP contribution in [0.4, 0.5) is 4.39 Å². The average molecular weight is 199 g/mol. The standard InChI is InChI=1S/C9H10FNO3/c1-14-8(13)5-7(12)6-3-2-4-11-9(6)10/h2-4,7,12H,5H2,1H3/t7-/m1/s1. The van der Waals surface area contributed by atoms with Crippen LogP contribution in [-0.4, -0.2) is 23.2 Å². The Morgan fingerprint density at radius 2 is 2.50 bits per heavy atom. The molecule has 1 atom stereocenters. The van der Waals surface area contributed by atoms with E-state index < -0.39 is 18.0 Å². The van der Waals surface area contributed by atoms with Gasteiger partial charge in [0.05, 0.1) is 19.6 Å². The van der Waals surface area contributed by atoms with E-state index in [1.54, 1.807) is 0 Å². The molecule has 0 aliphatic carbocycles. The summed E-state index contributed by atoms with van der Waals surface area (Å²) in [7, 11) is 1.20. The number of aliphatic hydroxyl groups excluding tert-OH is 1. The molecule has 1 rings (SSSR count). The number of nitrogens with zero attached hydrogens (tertiary/aromatic N) is 1. The molecular weight excluding hydrogens is 189 g/mol. The van der Waals surface area contributed by atoms with Crippen molar-refractivity contribution in [2.75, 3.05) is 7.11 Å². The van der Waals surface area contributed by atoms with Crippen molar-refractivity contribution in [2.24, 2.45) is 0 Å². The van der Waals surface area contributed by atoms with Gasteiger partial charge in [-0.25, -0.2) is 4.98 Å². The molecule has 0 spiro atoms. The summed E-state index contributed by atoms with van der Waals surface area (Å²) in [6.45, 7) is 0. The van der Waals surface area contributed by atoms with Crippen LogP contribution in [0.15, 0.2) is 18.3 Å². The lowest BCUT2D eigenvalue weighted by Crippen LogP contribution is -2.09. The number of carbonyl (C=O) groups excluding carboxylic acids is 1. The zero-order valence-electron chi connectivity index (χ0n) is 7.61. The second kappa shape index (κ2) is 4.66. The quantitative estimate of drug-likeness (QED) is 0.578. The van der Waals surface area contributed by atoms with Crippen molar-refractivity contribution in [1.29, 1.82) is 0 Å². The molecule has 0 unspecified atom stereocenters. The minimum atomic E-state index is -1.21. The molecule has 1 N–H and O–H groups in total. The molecule has 0 aliphatic rings. The summed E-state index contributed by atoms with van der Waals surface area (Å²) in [6, 6.07) is 2.86. The van der Waals surface area contributed by atoms with Crippen LogP contribution in [0.3, 0.4) is 0 Å². The fourth-order valence-electron chi connectivity index (χ4n) is 0.998. The summed E-state index contributed by atoms with van der Waals surface area (Å²) in [5.74, 6) is -1.37. The molecule has 0 amide bonds. The predicted molar refractivity (Wildman–Crippen MR) is 45.8 cm³/mol. The summed E-state index contributed by atoms with van der Waals surface area (Å²) >= 11 is 0. The van der Waals surface area contributed by atoms with Crippen LogP contribution in [0.2, 0.25) is 0 Å². The number of hydrogen-bond donors (Lipinski definition) is 1. The van der Waals surface area contributed by atoms with Crippen molar-refractivity contribution in [3.05, 3.63) is 29.8 Å². The Balaban J connectivity index is 2.74. The maximum atomic E-state index is 13.0. The van der Waals surface area contributed by atoms with Gasteiger partial charge in [-0.3, -0.25) is 4.79 Å². The van der Waals surface area contributed by atoms with Crippen LogP contribution >= 0.6 is 0 Å². The summed E-state index contributed by atoms with van der Waals surface area (Å²) < 4.78 is 17.3. The fraction of sp³-hybridized carbons (Fsp3) is 0.333. The molecule has 0 radical (unpaired) electrons. The molecule has 0 fully saturated rings. The zero-order chi connectivity index (χ0) is 10.6. The Hall–Kier alpha value is -1.49. The van der Waals surface area contributed by atoms with Crippen LogP contribution in [0.25, 0.3) is 0 Å². The number of rotatable bonds is 3. The van der Waals surface area contributed by atoms with E-state index in [4.69, 9.17) is 0 Å². The van der Waals surface area contributed by atoms with E-state index in [2.05, 4.69) is 9.72 Å². The topological polar surface area (TPSA) is 59.4 Å². The van der Waals surface area contributed by atoms with E-state index in [1.165, 1.54) is 25.4 Å². The lowest BCUT2D eigenvalue weighted by atomic mass is 10.1. The highest BCUT2D eigenvalue weighted by Gasteiger charge is 2.17.